The fourth-order valence-corrected chi connectivity index (χ4v) is 4.09. The Labute approximate surface area is 196 Å². The maximum absolute atomic E-state index is 13.5. The molecule has 3 aromatic rings. The molecule has 1 aliphatic rings. The number of nitrogens with one attached hydrogen (secondary N) is 1. The molecule has 0 saturated carbocycles. The van der Waals surface area contributed by atoms with Gasteiger partial charge in [0.15, 0.2) is 11.3 Å². The summed E-state index contributed by atoms with van der Waals surface area (Å²) in [5.41, 5.74) is 0.422. The summed E-state index contributed by atoms with van der Waals surface area (Å²) in [5, 5.41) is 14.4. The minimum atomic E-state index is -1.45. The van der Waals surface area contributed by atoms with Gasteiger partial charge in [-0.2, -0.15) is 0 Å². The van der Waals surface area contributed by atoms with Crippen molar-refractivity contribution in [3.05, 3.63) is 117 Å². The average Bonchev–Trinajstić information content (AvgIpc) is 3.30. The van der Waals surface area contributed by atoms with E-state index in [0.717, 1.165) is 0 Å². The molecule has 172 valence electrons. The minimum absolute atomic E-state index is 0.0731. The number of nitro benzene ring substituents is 1. The first-order chi connectivity index (χ1) is 16.4. The van der Waals surface area contributed by atoms with Gasteiger partial charge in [-0.05, 0) is 29.3 Å². The number of nitro groups is 1. The maximum atomic E-state index is 13.5. The Morgan fingerprint density at radius 3 is 2.15 bits per heavy atom. The number of carbonyl (C=O) groups excluding carboxylic acids is 2. The van der Waals surface area contributed by atoms with Crippen LogP contribution in [0.3, 0.4) is 0 Å². The molecule has 1 aliphatic heterocycles. The van der Waals surface area contributed by atoms with Gasteiger partial charge < -0.3 is 9.47 Å². The highest BCUT2D eigenvalue weighted by atomic mass is 16.6. The number of ketones is 1. The van der Waals surface area contributed by atoms with E-state index in [4.69, 9.17) is 9.47 Å². The molecule has 8 heteroatoms. The molecule has 2 atom stereocenters. The summed E-state index contributed by atoms with van der Waals surface area (Å²) < 4.78 is 10.4. The molecule has 0 fully saturated rings. The molecule has 0 radical (unpaired) electrons. The summed E-state index contributed by atoms with van der Waals surface area (Å²) in [6.45, 7) is 0. The van der Waals surface area contributed by atoms with Crippen LogP contribution in [-0.2, 0) is 15.1 Å². The summed E-state index contributed by atoms with van der Waals surface area (Å²) in [6, 6.07) is 20.8. The third-order valence-electron chi connectivity index (χ3n) is 5.84. The monoisotopic (exact) mass is 458 g/mol. The normalized spacial score (nSPS) is 19.2. The average molecular weight is 458 g/mol. The van der Waals surface area contributed by atoms with Crippen molar-refractivity contribution in [1.82, 2.24) is 5.32 Å². The zero-order chi connectivity index (χ0) is 24.3. The van der Waals surface area contributed by atoms with Crippen molar-refractivity contribution in [1.29, 1.82) is 0 Å². The molecular formula is C26H22N2O6. The maximum Gasteiger partial charge on any atom is 0.334 e. The topological polar surface area (TPSA) is 108 Å². The number of ether oxygens (including phenoxy) is 2. The summed E-state index contributed by atoms with van der Waals surface area (Å²) in [6.07, 6.45) is 1.59. The van der Waals surface area contributed by atoms with Gasteiger partial charge in [0.25, 0.3) is 5.69 Å². The number of hydrogen-bond donors (Lipinski definition) is 1. The summed E-state index contributed by atoms with van der Waals surface area (Å²) in [7, 11) is 2.82. The molecular weight excluding hydrogens is 436 g/mol. The fraction of sp³-hybridized carbons (Fsp3) is 0.154. The van der Waals surface area contributed by atoms with Gasteiger partial charge in [-0.25, -0.2) is 4.79 Å². The summed E-state index contributed by atoms with van der Waals surface area (Å²) >= 11 is 0. The van der Waals surface area contributed by atoms with E-state index in [0.29, 0.717) is 28.0 Å². The van der Waals surface area contributed by atoms with Crippen molar-refractivity contribution < 1.29 is 24.0 Å². The van der Waals surface area contributed by atoms with Crippen LogP contribution < -0.4 is 10.1 Å². The van der Waals surface area contributed by atoms with E-state index in [9.17, 15) is 19.7 Å². The number of rotatable bonds is 7. The van der Waals surface area contributed by atoms with Gasteiger partial charge >= 0.3 is 5.97 Å². The van der Waals surface area contributed by atoms with Crippen LogP contribution in [-0.4, -0.2) is 30.9 Å². The number of methoxy groups -OCH3 is 2. The molecule has 0 aliphatic carbocycles. The second-order valence-electron chi connectivity index (χ2n) is 7.75. The van der Waals surface area contributed by atoms with Gasteiger partial charge in [0.2, 0.25) is 0 Å². The Hall–Kier alpha value is -4.30. The van der Waals surface area contributed by atoms with Crippen LogP contribution in [0.2, 0.25) is 0 Å². The number of benzene rings is 3. The second kappa shape index (κ2) is 9.29. The lowest BCUT2D eigenvalue weighted by Gasteiger charge is -2.28. The van der Waals surface area contributed by atoms with Gasteiger partial charge in [0, 0.05) is 23.3 Å². The number of nitrogens with zero attached hydrogens (tertiary/aromatic N) is 1. The van der Waals surface area contributed by atoms with E-state index in [2.05, 4.69) is 5.32 Å². The third-order valence-corrected chi connectivity index (χ3v) is 5.84. The van der Waals surface area contributed by atoms with E-state index in [1.54, 1.807) is 73.8 Å². The molecule has 8 nitrogen and oxygen atoms in total. The lowest BCUT2D eigenvalue weighted by molar-refractivity contribution is -0.384. The lowest BCUT2D eigenvalue weighted by atomic mass is 9.89. The summed E-state index contributed by atoms with van der Waals surface area (Å²) in [4.78, 5) is 37.3. The number of esters is 1. The van der Waals surface area contributed by atoms with Crippen LogP contribution in [0, 0.1) is 10.1 Å². The van der Waals surface area contributed by atoms with E-state index in [1.807, 2.05) is 6.07 Å². The van der Waals surface area contributed by atoms with E-state index in [1.165, 1.54) is 19.2 Å². The molecule has 1 heterocycles. The molecule has 0 spiro atoms. The number of carbonyl (C=O) groups is 2. The first kappa shape index (κ1) is 22.9. The lowest BCUT2D eigenvalue weighted by Crippen LogP contribution is -2.46. The number of Topliss-reactive ketones (excluding diaryl/α,β-unsaturated/α-hetero) is 1. The second-order valence-corrected chi connectivity index (χ2v) is 7.75. The predicted molar refractivity (Wildman–Crippen MR) is 125 cm³/mol. The highest BCUT2D eigenvalue weighted by Crippen LogP contribution is 2.41. The molecule has 0 saturated heterocycles. The van der Waals surface area contributed by atoms with Crippen molar-refractivity contribution in [3.8, 4) is 5.75 Å². The van der Waals surface area contributed by atoms with Crippen molar-refractivity contribution in [2.24, 2.45) is 0 Å². The number of hydrogen-bond acceptors (Lipinski definition) is 7. The Balaban J connectivity index is 1.87. The van der Waals surface area contributed by atoms with Gasteiger partial charge in [0.1, 0.15) is 5.75 Å². The minimum Gasteiger partial charge on any atom is -0.497 e. The Kier molecular flexibility index (Phi) is 6.25. The van der Waals surface area contributed by atoms with Crippen molar-refractivity contribution >= 4 is 17.4 Å². The zero-order valence-electron chi connectivity index (χ0n) is 18.6. The van der Waals surface area contributed by atoms with Gasteiger partial charge in [-0.15, -0.1) is 0 Å². The first-order valence-corrected chi connectivity index (χ1v) is 10.5. The van der Waals surface area contributed by atoms with Crippen molar-refractivity contribution in [3.63, 3.8) is 0 Å². The molecule has 0 aromatic heterocycles. The molecule has 34 heavy (non-hydrogen) atoms. The Morgan fingerprint density at radius 2 is 1.59 bits per heavy atom. The first-order valence-electron chi connectivity index (χ1n) is 10.5. The van der Waals surface area contributed by atoms with Crippen LogP contribution >= 0.6 is 0 Å². The van der Waals surface area contributed by atoms with Crippen LogP contribution in [0.25, 0.3) is 0 Å². The SMILES string of the molecule is COC(=O)[C@]1(c2ccc(OC)cc2)C=C(C(=O)c2ccccc2)[C@H](c2ccc([N+](=O)[O-])cc2)N1. The number of non-ortho nitro benzene ring substituents is 1. The standard InChI is InChI=1S/C26H22N2O6/c1-33-21-14-10-19(11-15-21)26(25(30)34-2)16-22(24(29)18-6-4-3-5-7-18)23(27-26)17-8-12-20(13-9-17)28(31)32/h3-16,23,27H,1-2H3/t23-,26+/m0/s1. The highest BCUT2D eigenvalue weighted by molar-refractivity contribution is 6.11. The Morgan fingerprint density at radius 1 is 0.941 bits per heavy atom. The molecule has 0 amide bonds. The van der Waals surface area contributed by atoms with Crippen molar-refractivity contribution in [2.45, 2.75) is 11.6 Å². The molecule has 1 N–H and O–H groups in total. The van der Waals surface area contributed by atoms with Crippen LogP contribution in [0.4, 0.5) is 5.69 Å². The van der Waals surface area contributed by atoms with Crippen LogP contribution in [0.15, 0.2) is 90.5 Å². The predicted octanol–water partition coefficient (Wildman–Crippen LogP) is 4.13. The zero-order valence-corrected chi connectivity index (χ0v) is 18.6. The van der Waals surface area contributed by atoms with Crippen LogP contribution in [0.1, 0.15) is 27.5 Å². The van der Waals surface area contributed by atoms with E-state index in [-0.39, 0.29) is 11.5 Å². The van der Waals surface area contributed by atoms with Gasteiger partial charge in [-0.3, -0.25) is 20.2 Å². The van der Waals surface area contributed by atoms with E-state index < -0.39 is 22.5 Å². The molecule has 3 aromatic carbocycles. The van der Waals surface area contributed by atoms with Crippen LogP contribution in [0.5, 0.6) is 5.75 Å². The largest absolute Gasteiger partial charge is 0.497 e. The van der Waals surface area contributed by atoms with Gasteiger partial charge in [-0.1, -0.05) is 54.6 Å². The smallest absolute Gasteiger partial charge is 0.334 e. The Bertz CT molecular complexity index is 1250. The fourth-order valence-electron chi connectivity index (χ4n) is 4.09. The molecule has 4 rings (SSSR count). The van der Waals surface area contributed by atoms with Crippen molar-refractivity contribution in [2.75, 3.05) is 14.2 Å². The third kappa shape index (κ3) is 4.06. The molecule has 0 bridgehead atoms. The highest BCUT2D eigenvalue weighted by Gasteiger charge is 2.49. The van der Waals surface area contributed by atoms with E-state index >= 15 is 0 Å². The summed E-state index contributed by atoms with van der Waals surface area (Å²) in [5.74, 6) is -0.255. The quantitative estimate of drug-likeness (QED) is 0.245. The molecule has 0 unspecified atom stereocenters. The van der Waals surface area contributed by atoms with Gasteiger partial charge in [0.05, 0.1) is 25.2 Å².